The van der Waals surface area contributed by atoms with E-state index in [9.17, 15) is 18.4 Å². The Morgan fingerprint density at radius 3 is 2.42 bits per heavy atom. The van der Waals surface area contributed by atoms with E-state index in [0.29, 0.717) is 17.6 Å². The molecule has 2 amide bonds. The van der Waals surface area contributed by atoms with Crippen molar-refractivity contribution in [2.75, 3.05) is 32.8 Å². The normalized spacial score (nSPS) is 14.7. The van der Waals surface area contributed by atoms with Gasteiger partial charge in [-0.1, -0.05) is 15.9 Å². The minimum atomic E-state index is -3.02. The number of carbonyl (C=O) groups is 2. The quantitative estimate of drug-likeness (QED) is 0.770. The maximum absolute atomic E-state index is 12.6. The molecule has 1 aliphatic rings. The molecule has 1 heterocycles. The van der Waals surface area contributed by atoms with Gasteiger partial charge in [-0.15, -0.1) is 0 Å². The molecular formula is C15H17BrF2N2O4. The highest BCUT2D eigenvalue weighted by Crippen LogP contribution is 2.26. The Morgan fingerprint density at radius 2 is 1.83 bits per heavy atom. The molecule has 2 rings (SSSR count). The largest absolute Gasteiger partial charge is 0.450 e. The molecule has 1 aliphatic heterocycles. The van der Waals surface area contributed by atoms with Crippen LogP contribution in [0.5, 0.6) is 5.75 Å². The van der Waals surface area contributed by atoms with Crippen LogP contribution in [0, 0.1) is 0 Å². The molecule has 1 aromatic carbocycles. The Kier molecular flexibility index (Phi) is 6.36. The number of piperazine rings is 1. The van der Waals surface area contributed by atoms with Gasteiger partial charge in [0.2, 0.25) is 0 Å². The molecule has 0 aliphatic carbocycles. The van der Waals surface area contributed by atoms with E-state index in [1.807, 2.05) is 0 Å². The van der Waals surface area contributed by atoms with Crippen molar-refractivity contribution in [2.45, 2.75) is 13.5 Å². The third-order valence-electron chi connectivity index (χ3n) is 3.48. The van der Waals surface area contributed by atoms with Crippen LogP contribution >= 0.6 is 15.9 Å². The molecule has 0 saturated carbocycles. The monoisotopic (exact) mass is 406 g/mol. The second-order valence-electron chi connectivity index (χ2n) is 5.00. The summed E-state index contributed by atoms with van der Waals surface area (Å²) in [6.07, 6.45) is -0.422. The molecule has 1 aromatic rings. The van der Waals surface area contributed by atoms with Crippen molar-refractivity contribution in [3.8, 4) is 5.75 Å². The smallest absolute Gasteiger partial charge is 0.409 e. The molecule has 24 heavy (non-hydrogen) atoms. The highest BCUT2D eigenvalue weighted by atomic mass is 79.9. The van der Waals surface area contributed by atoms with Crippen LogP contribution in [0.3, 0.4) is 0 Å². The molecule has 132 valence electrons. The fourth-order valence-corrected chi connectivity index (χ4v) is 2.71. The summed E-state index contributed by atoms with van der Waals surface area (Å²) in [5.41, 5.74) is 0.0502. The molecule has 0 atom stereocenters. The Bertz CT molecular complexity index is 607. The molecule has 0 N–H and O–H groups in total. The molecule has 0 bridgehead atoms. The lowest BCUT2D eigenvalue weighted by atomic mass is 10.1. The number of rotatable bonds is 4. The summed E-state index contributed by atoms with van der Waals surface area (Å²) in [6.45, 7) is 0.210. The fraction of sp³-hybridized carbons (Fsp3) is 0.467. The molecule has 9 heteroatoms. The van der Waals surface area contributed by atoms with E-state index in [2.05, 4.69) is 20.7 Å². The van der Waals surface area contributed by atoms with Crippen LogP contribution in [-0.4, -0.2) is 61.2 Å². The van der Waals surface area contributed by atoms with Gasteiger partial charge in [-0.3, -0.25) is 4.79 Å². The highest BCUT2D eigenvalue weighted by Gasteiger charge is 2.27. The van der Waals surface area contributed by atoms with Crippen LogP contribution in [0.1, 0.15) is 17.3 Å². The van der Waals surface area contributed by atoms with Crippen LogP contribution in [0.25, 0.3) is 0 Å². The van der Waals surface area contributed by atoms with Crippen LogP contribution in [-0.2, 0) is 4.74 Å². The first-order valence-electron chi connectivity index (χ1n) is 7.37. The Labute approximate surface area is 146 Å². The summed E-state index contributed by atoms with van der Waals surface area (Å²) in [6, 6.07) is 4.28. The summed E-state index contributed by atoms with van der Waals surface area (Å²) >= 11 is 3.22. The van der Waals surface area contributed by atoms with E-state index >= 15 is 0 Å². The van der Waals surface area contributed by atoms with E-state index < -0.39 is 18.6 Å². The molecule has 1 saturated heterocycles. The molecule has 0 radical (unpaired) electrons. The standard InChI is InChI=1S/C15H17BrF2N2O4/c1-2-23-15(22)20-7-5-19(6-8-20)13(21)11-9-10(16)3-4-12(11)24-14(17)18/h3-4,9,14H,2,5-8H2,1H3. The van der Waals surface area contributed by atoms with E-state index in [1.54, 1.807) is 6.92 Å². The third-order valence-corrected chi connectivity index (χ3v) is 3.97. The van der Waals surface area contributed by atoms with Gasteiger partial charge in [-0.25, -0.2) is 4.79 Å². The Hall–Kier alpha value is -1.90. The van der Waals surface area contributed by atoms with Crippen LogP contribution in [0.2, 0.25) is 0 Å². The van der Waals surface area contributed by atoms with Crippen molar-refractivity contribution in [1.29, 1.82) is 0 Å². The number of benzene rings is 1. The van der Waals surface area contributed by atoms with Gasteiger partial charge in [-0.2, -0.15) is 8.78 Å². The van der Waals surface area contributed by atoms with Crippen molar-refractivity contribution in [3.05, 3.63) is 28.2 Å². The van der Waals surface area contributed by atoms with Gasteiger partial charge >= 0.3 is 12.7 Å². The van der Waals surface area contributed by atoms with Crippen molar-refractivity contribution < 1.29 is 27.8 Å². The lowest BCUT2D eigenvalue weighted by molar-refractivity contribution is -0.0503. The topological polar surface area (TPSA) is 59.1 Å². The average molecular weight is 407 g/mol. The lowest BCUT2D eigenvalue weighted by Crippen LogP contribution is -2.50. The molecular weight excluding hydrogens is 390 g/mol. The summed E-state index contributed by atoms with van der Waals surface area (Å²) in [7, 11) is 0. The molecule has 1 fully saturated rings. The van der Waals surface area contributed by atoms with Gasteiger partial charge < -0.3 is 19.3 Å². The van der Waals surface area contributed by atoms with Crippen LogP contribution in [0.15, 0.2) is 22.7 Å². The predicted molar refractivity (Wildman–Crippen MR) is 85.3 cm³/mol. The number of halogens is 3. The second-order valence-corrected chi connectivity index (χ2v) is 5.91. The maximum atomic E-state index is 12.6. The number of nitrogens with zero attached hydrogens (tertiary/aromatic N) is 2. The van der Waals surface area contributed by atoms with Crippen molar-refractivity contribution in [3.63, 3.8) is 0 Å². The zero-order valence-electron chi connectivity index (χ0n) is 13.0. The number of amides is 2. The lowest BCUT2D eigenvalue weighted by Gasteiger charge is -2.34. The first kappa shape index (κ1) is 18.4. The minimum absolute atomic E-state index is 0.0502. The van der Waals surface area contributed by atoms with Crippen molar-refractivity contribution in [2.24, 2.45) is 0 Å². The van der Waals surface area contributed by atoms with Gasteiger partial charge in [0.15, 0.2) is 0 Å². The molecule has 0 unspecified atom stereocenters. The van der Waals surface area contributed by atoms with Gasteiger partial charge in [0.25, 0.3) is 5.91 Å². The first-order chi connectivity index (χ1) is 11.4. The maximum Gasteiger partial charge on any atom is 0.409 e. The first-order valence-corrected chi connectivity index (χ1v) is 8.17. The van der Waals surface area contributed by atoms with Gasteiger partial charge in [-0.05, 0) is 25.1 Å². The molecule has 0 spiro atoms. The number of hydrogen-bond acceptors (Lipinski definition) is 4. The molecule has 6 nitrogen and oxygen atoms in total. The highest BCUT2D eigenvalue weighted by molar-refractivity contribution is 9.10. The van der Waals surface area contributed by atoms with E-state index in [4.69, 9.17) is 4.74 Å². The van der Waals surface area contributed by atoms with Crippen molar-refractivity contribution in [1.82, 2.24) is 9.80 Å². The van der Waals surface area contributed by atoms with Crippen molar-refractivity contribution >= 4 is 27.9 Å². The van der Waals surface area contributed by atoms with Crippen LogP contribution < -0.4 is 4.74 Å². The van der Waals surface area contributed by atoms with Gasteiger partial charge in [0.1, 0.15) is 5.75 Å². The van der Waals surface area contributed by atoms with Gasteiger partial charge in [0.05, 0.1) is 12.2 Å². The average Bonchev–Trinajstić information content (AvgIpc) is 2.56. The summed E-state index contributed by atoms with van der Waals surface area (Å²) < 4.78 is 34.9. The van der Waals surface area contributed by atoms with E-state index in [1.165, 1.54) is 28.0 Å². The Morgan fingerprint density at radius 1 is 1.21 bits per heavy atom. The fourth-order valence-electron chi connectivity index (χ4n) is 2.35. The predicted octanol–water partition coefficient (Wildman–Crippen LogP) is 2.96. The van der Waals surface area contributed by atoms with E-state index in [0.717, 1.165) is 0 Å². The second kappa shape index (κ2) is 8.27. The zero-order chi connectivity index (χ0) is 17.7. The summed E-state index contributed by atoms with van der Waals surface area (Å²) in [4.78, 5) is 27.3. The minimum Gasteiger partial charge on any atom is -0.450 e. The number of hydrogen-bond donors (Lipinski definition) is 0. The van der Waals surface area contributed by atoms with Crippen LogP contribution in [0.4, 0.5) is 13.6 Å². The zero-order valence-corrected chi connectivity index (χ0v) is 14.6. The Balaban J connectivity index is 2.07. The van der Waals surface area contributed by atoms with E-state index in [-0.39, 0.29) is 31.0 Å². The van der Waals surface area contributed by atoms with Gasteiger partial charge in [0, 0.05) is 30.7 Å². The third kappa shape index (κ3) is 4.56. The number of carbonyl (C=O) groups excluding carboxylic acids is 2. The number of ether oxygens (including phenoxy) is 2. The SMILES string of the molecule is CCOC(=O)N1CCN(C(=O)c2cc(Br)ccc2OC(F)F)CC1. The molecule has 0 aromatic heterocycles. The summed E-state index contributed by atoms with van der Waals surface area (Å²) in [5.74, 6) is -0.596. The number of alkyl halides is 2. The summed E-state index contributed by atoms with van der Waals surface area (Å²) in [5, 5.41) is 0.